The fourth-order valence-electron chi connectivity index (χ4n) is 3.16. The standard InChI is InChI=1S/C13H20N2O2S2/c1-11-2-9-18-12(11)19(16,17)15-7-4-13(5-8-15)3-6-14-10-13/h2,9,14H,3-8,10H2,1H3. The fourth-order valence-corrected chi connectivity index (χ4v) is 6.16. The summed E-state index contributed by atoms with van der Waals surface area (Å²) in [5.41, 5.74) is 1.23. The van der Waals surface area contributed by atoms with Crippen molar-refractivity contribution in [3.05, 3.63) is 17.0 Å². The van der Waals surface area contributed by atoms with Gasteiger partial charge in [-0.05, 0) is 55.2 Å². The average Bonchev–Trinajstić information content (AvgIpc) is 3.00. The molecule has 0 atom stereocenters. The molecule has 4 nitrogen and oxygen atoms in total. The van der Waals surface area contributed by atoms with E-state index in [0.29, 0.717) is 22.7 Å². The Morgan fingerprint density at radius 3 is 2.58 bits per heavy atom. The first-order valence-corrected chi connectivity index (χ1v) is 9.11. The highest BCUT2D eigenvalue weighted by molar-refractivity contribution is 7.91. The van der Waals surface area contributed by atoms with Gasteiger partial charge >= 0.3 is 0 Å². The van der Waals surface area contributed by atoms with Gasteiger partial charge in [-0.3, -0.25) is 0 Å². The lowest BCUT2D eigenvalue weighted by atomic mass is 9.78. The maximum absolute atomic E-state index is 12.6. The van der Waals surface area contributed by atoms with Crippen molar-refractivity contribution in [3.63, 3.8) is 0 Å². The van der Waals surface area contributed by atoms with E-state index in [1.165, 1.54) is 17.8 Å². The van der Waals surface area contributed by atoms with Crippen molar-refractivity contribution in [1.29, 1.82) is 0 Å². The Morgan fingerprint density at radius 2 is 2.05 bits per heavy atom. The minimum absolute atomic E-state index is 0.358. The lowest BCUT2D eigenvalue weighted by molar-refractivity contribution is 0.175. The van der Waals surface area contributed by atoms with E-state index in [2.05, 4.69) is 5.32 Å². The SMILES string of the molecule is Cc1ccsc1S(=O)(=O)N1CCC2(CCNC2)CC1. The van der Waals surface area contributed by atoms with E-state index in [0.717, 1.165) is 31.5 Å². The van der Waals surface area contributed by atoms with Crippen molar-refractivity contribution in [2.24, 2.45) is 5.41 Å². The van der Waals surface area contributed by atoms with E-state index in [4.69, 9.17) is 0 Å². The van der Waals surface area contributed by atoms with E-state index < -0.39 is 10.0 Å². The number of nitrogens with zero attached hydrogens (tertiary/aromatic N) is 1. The van der Waals surface area contributed by atoms with Crippen LogP contribution >= 0.6 is 11.3 Å². The summed E-state index contributed by atoms with van der Waals surface area (Å²) in [4.78, 5) is 0. The third-order valence-electron chi connectivity index (χ3n) is 4.50. The summed E-state index contributed by atoms with van der Waals surface area (Å²) in [6.45, 7) is 5.34. The molecule has 19 heavy (non-hydrogen) atoms. The number of aryl methyl sites for hydroxylation is 1. The smallest absolute Gasteiger partial charge is 0.252 e. The first kappa shape index (κ1) is 13.5. The molecule has 3 heterocycles. The van der Waals surface area contributed by atoms with Crippen LogP contribution in [0.3, 0.4) is 0 Å². The van der Waals surface area contributed by atoms with Crippen LogP contribution in [0.4, 0.5) is 0 Å². The van der Waals surface area contributed by atoms with Gasteiger partial charge in [-0.25, -0.2) is 8.42 Å². The summed E-state index contributed by atoms with van der Waals surface area (Å²) in [5.74, 6) is 0. The van der Waals surface area contributed by atoms with Crippen LogP contribution in [0.1, 0.15) is 24.8 Å². The Bertz CT molecular complexity index is 549. The van der Waals surface area contributed by atoms with Crippen LogP contribution in [0.25, 0.3) is 0 Å². The number of nitrogens with one attached hydrogen (secondary N) is 1. The highest BCUT2D eigenvalue weighted by Gasteiger charge is 2.40. The second kappa shape index (κ2) is 4.84. The molecule has 2 aliphatic rings. The molecule has 3 rings (SSSR count). The monoisotopic (exact) mass is 300 g/mol. The van der Waals surface area contributed by atoms with Gasteiger partial charge in [0.2, 0.25) is 0 Å². The van der Waals surface area contributed by atoms with Crippen LogP contribution < -0.4 is 5.32 Å². The summed E-state index contributed by atoms with van der Waals surface area (Å²) >= 11 is 1.33. The molecule has 2 aliphatic heterocycles. The average molecular weight is 300 g/mol. The first-order valence-electron chi connectivity index (χ1n) is 6.79. The Balaban J connectivity index is 1.76. The number of hydrogen-bond acceptors (Lipinski definition) is 4. The van der Waals surface area contributed by atoms with Crippen LogP contribution in [0.2, 0.25) is 0 Å². The summed E-state index contributed by atoms with van der Waals surface area (Å²) in [5, 5.41) is 5.26. The van der Waals surface area contributed by atoms with Crippen molar-refractivity contribution in [2.45, 2.75) is 30.4 Å². The number of thiophene rings is 1. The highest BCUT2D eigenvalue weighted by atomic mass is 32.2. The predicted molar refractivity (Wildman–Crippen MR) is 77.0 cm³/mol. The molecule has 0 bridgehead atoms. The Kier molecular flexibility index (Phi) is 3.45. The number of hydrogen-bond donors (Lipinski definition) is 1. The third-order valence-corrected chi connectivity index (χ3v) is 8.07. The van der Waals surface area contributed by atoms with Crippen molar-refractivity contribution in [2.75, 3.05) is 26.2 Å². The van der Waals surface area contributed by atoms with Gasteiger partial charge in [-0.15, -0.1) is 11.3 Å². The van der Waals surface area contributed by atoms with Crippen LogP contribution in [0.15, 0.2) is 15.7 Å². The molecule has 2 fully saturated rings. The third kappa shape index (κ3) is 2.35. The second-order valence-electron chi connectivity index (χ2n) is 5.72. The maximum Gasteiger partial charge on any atom is 0.252 e. The maximum atomic E-state index is 12.6. The Hall–Kier alpha value is -0.430. The van der Waals surface area contributed by atoms with Crippen LogP contribution in [0.5, 0.6) is 0 Å². The molecular weight excluding hydrogens is 280 g/mol. The zero-order valence-corrected chi connectivity index (χ0v) is 12.8. The summed E-state index contributed by atoms with van der Waals surface area (Å²) in [6, 6.07) is 1.88. The molecule has 0 aliphatic carbocycles. The van der Waals surface area contributed by atoms with Gasteiger partial charge in [-0.1, -0.05) is 0 Å². The minimum Gasteiger partial charge on any atom is -0.316 e. The molecule has 106 valence electrons. The minimum atomic E-state index is -3.26. The number of rotatable bonds is 2. The molecule has 0 aromatic carbocycles. The van der Waals surface area contributed by atoms with Gasteiger partial charge in [0.25, 0.3) is 10.0 Å². The quantitative estimate of drug-likeness (QED) is 0.906. The van der Waals surface area contributed by atoms with Gasteiger partial charge in [0.05, 0.1) is 0 Å². The molecular formula is C13H20N2O2S2. The highest BCUT2D eigenvalue weighted by Crippen LogP contribution is 2.39. The largest absolute Gasteiger partial charge is 0.316 e. The summed E-state index contributed by atoms with van der Waals surface area (Å²) in [7, 11) is -3.26. The normalized spacial score (nSPS) is 24.1. The molecule has 2 saturated heterocycles. The predicted octanol–water partition coefficient (Wildman–Crippen LogP) is 1.82. The molecule has 0 unspecified atom stereocenters. The fraction of sp³-hybridized carbons (Fsp3) is 0.692. The summed E-state index contributed by atoms with van der Waals surface area (Å²) in [6.07, 6.45) is 3.17. The van der Waals surface area contributed by atoms with Gasteiger partial charge in [0.1, 0.15) is 4.21 Å². The van der Waals surface area contributed by atoms with Crippen LogP contribution in [-0.4, -0.2) is 38.9 Å². The Morgan fingerprint density at radius 1 is 1.32 bits per heavy atom. The second-order valence-corrected chi connectivity index (χ2v) is 8.77. The van der Waals surface area contributed by atoms with E-state index in [1.54, 1.807) is 4.31 Å². The lowest BCUT2D eigenvalue weighted by Crippen LogP contribution is -2.43. The Labute approximate surface area is 118 Å². The van der Waals surface area contributed by atoms with E-state index in [-0.39, 0.29) is 0 Å². The lowest BCUT2D eigenvalue weighted by Gasteiger charge is -2.38. The molecule has 0 amide bonds. The topological polar surface area (TPSA) is 49.4 Å². The van der Waals surface area contributed by atoms with Gasteiger partial charge in [0.15, 0.2) is 0 Å². The van der Waals surface area contributed by atoms with Crippen molar-refractivity contribution >= 4 is 21.4 Å². The van der Waals surface area contributed by atoms with Crippen molar-refractivity contribution in [3.8, 4) is 0 Å². The van der Waals surface area contributed by atoms with Crippen molar-refractivity contribution in [1.82, 2.24) is 9.62 Å². The molecule has 0 radical (unpaired) electrons. The van der Waals surface area contributed by atoms with E-state index in [9.17, 15) is 8.42 Å². The molecule has 1 aromatic rings. The van der Waals surface area contributed by atoms with Gasteiger partial charge in [0, 0.05) is 19.6 Å². The number of sulfonamides is 1. The zero-order valence-electron chi connectivity index (χ0n) is 11.2. The van der Waals surface area contributed by atoms with Crippen molar-refractivity contribution < 1.29 is 8.42 Å². The van der Waals surface area contributed by atoms with Crippen LogP contribution in [-0.2, 0) is 10.0 Å². The molecule has 1 N–H and O–H groups in total. The van der Waals surface area contributed by atoms with E-state index in [1.807, 2.05) is 18.4 Å². The van der Waals surface area contributed by atoms with E-state index >= 15 is 0 Å². The number of piperidine rings is 1. The zero-order chi connectivity index (χ0) is 13.5. The van der Waals surface area contributed by atoms with Gasteiger partial charge < -0.3 is 5.32 Å². The molecule has 1 spiro atoms. The van der Waals surface area contributed by atoms with Gasteiger partial charge in [-0.2, -0.15) is 4.31 Å². The molecule has 0 saturated carbocycles. The summed E-state index contributed by atoms with van der Waals surface area (Å²) < 4.78 is 27.4. The first-order chi connectivity index (χ1) is 9.04. The molecule has 6 heteroatoms. The van der Waals surface area contributed by atoms with Crippen LogP contribution in [0, 0.1) is 12.3 Å². The molecule has 1 aromatic heterocycles.